The Morgan fingerprint density at radius 2 is 1.89 bits per heavy atom. The molecule has 1 aromatic carbocycles. The largest absolute Gasteiger partial charge is 0.356 e. The molecule has 0 radical (unpaired) electrons. The topological polar surface area (TPSA) is 83.8 Å². The Labute approximate surface area is 211 Å². The first kappa shape index (κ1) is 24.1. The Balaban J connectivity index is 0.00000267. The minimum absolute atomic E-state index is 0. The molecular weight excluding hydrogens is 487 g/mol. The number of aromatic amines is 1. The van der Waals surface area contributed by atoms with Crippen LogP contribution in [0.2, 0.25) is 0 Å². The highest BCUT2D eigenvalue weighted by atomic mass is 32.1. The fraction of sp³-hybridized carbons (Fsp3) is 0.280. The van der Waals surface area contributed by atoms with E-state index in [2.05, 4.69) is 30.4 Å². The summed E-state index contributed by atoms with van der Waals surface area (Å²) >= 11 is 0. The van der Waals surface area contributed by atoms with Crippen LogP contribution < -0.4 is 5.32 Å². The van der Waals surface area contributed by atoms with Gasteiger partial charge in [0.1, 0.15) is 17.5 Å². The smallest absolute Gasteiger partial charge is 0.228 e. The zero-order valence-electron chi connectivity index (χ0n) is 19.6. The van der Waals surface area contributed by atoms with Gasteiger partial charge in [-0.15, -0.1) is 0 Å². The third-order valence-electron chi connectivity index (χ3n) is 6.53. The number of aromatic nitrogens is 6. The maximum Gasteiger partial charge on any atom is 0.228 e. The van der Waals surface area contributed by atoms with E-state index in [9.17, 15) is 13.2 Å². The van der Waals surface area contributed by atoms with Crippen LogP contribution in [0.4, 0.5) is 19.1 Å². The molecule has 1 atom stereocenters. The number of nitrogens with zero attached hydrogens (tertiary/aromatic N) is 5. The predicted molar refractivity (Wildman–Crippen MR) is 136 cm³/mol. The van der Waals surface area contributed by atoms with E-state index in [0.29, 0.717) is 46.7 Å². The summed E-state index contributed by atoms with van der Waals surface area (Å²) in [6.45, 7) is 4.10. The van der Waals surface area contributed by atoms with Crippen molar-refractivity contribution in [2.75, 3.05) is 5.32 Å². The van der Waals surface area contributed by atoms with Gasteiger partial charge in [-0.2, -0.15) is 28.1 Å². The Morgan fingerprint density at radius 3 is 2.67 bits per heavy atom. The lowest BCUT2D eigenvalue weighted by molar-refractivity contribution is 0.591. The lowest BCUT2D eigenvalue weighted by Gasteiger charge is -2.24. The number of rotatable bonds is 4. The third kappa shape index (κ3) is 4.06. The van der Waals surface area contributed by atoms with E-state index < -0.39 is 17.5 Å². The summed E-state index contributed by atoms with van der Waals surface area (Å²) in [5.74, 6) is -0.703. The second-order valence-electron chi connectivity index (χ2n) is 9.23. The van der Waals surface area contributed by atoms with Crippen molar-refractivity contribution in [2.45, 2.75) is 45.1 Å². The van der Waals surface area contributed by atoms with Gasteiger partial charge in [-0.3, -0.25) is 4.98 Å². The summed E-state index contributed by atoms with van der Waals surface area (Å²) in [6, 6.07) is 3.55. The van der Waals surface area contributed by atoms with Crippen molar-refractivity contribution in [2.24, 2.45) is 0 Å². The number of halogens is 3. The molecule has 186 valence electrons. The average molecular weight is 512 g/mol. The first-order chi connectivity index (χ1) is 16.9. The van der Waals surface area contributed by atoms with Gasteiger partial charge in [0.05, 0.1) is 17.9 Å². The highest BCUT2D eigenvalue weighted by molar-refractivity contribution is 7.59. The minimum Gasteiger partial charge on any atom is -0.356 e. The predicted octanol–water partition coefficient (Wildman–Crippen LogP) is 5.29. The van der Waals surface area contributed by atoms with Gasteiger partial charge < -0.3 is 10.3 Å². The summed E-state index contributed by atoms with van der Waals surface area (Å²) in [5, 5.41) is 8.52. The van der Waals surface area contributed by atoms with Crippen molar-refractivity contribution >= 4 is 36.0 Å². The van der Waals surface area contributed by atoms with Crippen LogP contribution >= 0.6 is 13.5 Å². The maximum absolute atomic E-state index is 14.3. The highest BCUT2D eigenvalue weighted by Gasteiger charge is 2.26. The normalized spacial score (nSPS) is 15.3. The molecule has 0 fully saturated rings. The molecule has 6 rings (SSSR count). The first-order valence-electron chi connectivity index (χ1n) is 11.5. The molecule has 1 aliphatic rings. The van der Waals surface area contributed by atoms with Crippen molar-refractivity contribution < 1.29 is 13.2 Å². The fourth-order valence-electron chi connectivity index (χ4n) is 4.81. The van der Waals surface area contributed by atoms with Gasteiger partial charge in [0, 0.05) is 40.5 Å². The molecule has 0 unspecified atom stereocenters. The van der Waals surface area contributed by atoms with Gasteiger partial charge >= 0.3 is 0 Å². The molecule has 0 spiro atoms. The summed E-state index contributed by atoms with van der Waals surface area (Å²) in [4.78, 5) is 16.4. The highest BCUT2D eigenvalue weighted by Crippen LogP contribution is 2.33. The van der Waals surface area contributed by atoms with Crippen LogP contribution in [0.25, 0.3) is 27.9 Å². The summed E-state index contributed by atoms with van der Waals surface area (Å²) < 4.78 is 43.8. The number of H-pyrrole nitrogens is 1. The fourth-order valence-corrected chi connectivity index (χ4v) is 4.81. The van der Waals surface area contributed by atoms with Crippen LogP contribution in [0, 0.1) is 17.5 Å². The van der Waals surface area contributed by atoms with E-state index >= 15 is 0 Å². The van der Waals surface area contributed by atoms with Crippen molar-refractivity contribution in [3.8, 4) is 11.4 Å². The number of hydrogen-bond donors (Lipinski definition) is 2. The van der Waals surface area contributed by atoms with Crippen LogP contribution in [0.3, 0.4) is 0 Å². The van der Waals surface area contributed by atoms with E-state index in [4.69, 9.17) is 0 Å². The maximum atomic E-state index is 14.3. The van der Waals surface area contributed by atoms with Crippen molar-refractivity contribution in [1.82, 2.24) is 29.5 Å². The van der Waals surface area contributed by atoms with Gasteiger partial charge in [-0.25, -0.2) is 18.2 Å². The zero-order chi connectivity index (χ0) is 24.3. The van der Waals surface area contributed by atoms with Crippen molar-refractivity contribution in [1.29, 1.82) is 0 Å². The van der Waals surface area contributed by atoms with Gasteiger partial charge in [0.25, 0.3) is 0 Å². The van der Waals surface area contributed by atoms with Gasteiger partial charge in [-0.05, 0) is 42.9 Å². The number of aryl methyl sites for hydroxylation is 1. The SMILES string of the molecule is CC(C)c1cnn2c(N[C@@H]3CCc4[nH]c5c(F)cc(F)cc5c4C3)nc(-c3cncc(F)c3)nc12.S. The quantitative estimate of drug-likeness (QED) is 0.343. The van der Waals surface area contributed by atoms with E-state index in [1.807, 2.05) is 13.8 Å². The van der Waals surface area contributed by atoms with Gasteiger partial charge in [0.2, 0.25) is 5.95 Å². The average Bonchev–Trinajstić information content (AvgIpc) is 3.41. The molecule has 11 heteroatoms. The molecule has 4 heterocycles. The molecule has 0 bridgehead atoms. The molecule has 36 heavy (non-hydrogen) atoms. The summed E-state index contributed by atoms with van der Waals surface area (Å²) in [7, 11) is 0. The van der Waals surface area contributed by atoms with Crippen LogP contribution in [0.5, 0.6) is 0 Å². The lowest BCUT2D eigenvalue weighted by atomic mass is 9.91. The Morgan fingerprint density at radius 1 is 1.06 bits per heavy atom. The monoisotopic (exact) mass is 511 g/mol. The molecule has 0 saturated heterocycles. The number of pyridine rings is 1. The molecule has 0 saturated carbocycles. The molecule has 0 amide bonds. The Kier molecular flexibility index (Phi) is 6.11. The Hall–Kier alpha value is -3.60. The molecule has 0 aliphatic heterocycles. The number of nitrogens with one attached hydrogen (secondary N) is 2. The summed E-state index contributed by atoms with van der Waals surface area (Å²) in [6.07, 6.45) is 6.40. The van der Waals surface area contributed by atoms with Gasteiger partial charge in [0.15, 0.2) is 11.5 Å². The lowest BCUT2D eigenvalue weighted by Crippen LogP contribution is -2.29. The number of hydrogen-bond acceptors (Lipinski definition) is 5. The number of benzene rings is 1. The van der Waals surface area contributed by atoms with E-state index in [1.54, 1.807) is 10.7 Å². The van der Waals surface area contributed by atoms with E-state index in [0.717, 1.165) is 35.5 Å². The minimum atomic E-state index is -0.601. The van der Waals surface area contributed by atoms with Crippen LogP contribution in [0.15, 0.2) is 36.8 Å². The molecular formula is C25H24F3N7S. The van der Waals surface area contributed by atoms with E-state index in [-0.39, 0.29) is 25.5 Å². The standard InChI is InChI=1S/C25H22F3N7.H2S/c1-12(2)19-11-30-35-24(19)33-23(13-5-15(27)10-29-9-13)34-25(35)31-16-3-4-21-17(8-16)18-6-14(26)7-20(28)22(18)32-21;/h5-7,9-12,16,32H,3-4,8H2,1-2H3,(H,31,33,34);1H2/t16-;/m1./s1. The molecule has 4 aromatic heterocycles. The number of anilines is 1. The van der Waals surface area contributed by atoms with E-state index in [1.165, 1.54) is 18.3 Å². The molecule has 7 nitrogen and oxygen atoms in total. The second-order valence-corrected chi connectivity index (χ2v) is 9.23. The van der Waals surface area contributed by atoms with Crippen LogP contribution in [0.1, 0.15) is 43.0 Å². The van der Waals surface area contributed by atoms with Crippen LogP contribution in [-0.2, 0) is 12.8 Å². The zero-order valence-corrected chi connectivity index (χ0v) is 20.6. The van der Waals surface area contributed by atoms with Crippen LogP contribution in [-0.4, -0.2) is 35.6 Å². The molecule has 2 N–H and O–H groups in total. The first-order valence-corrected chi connectivity index (χ1v) is 11.5. The van der Waals surface area contributed by atoms with Gasteiger partial charge in [-0.1, -0.05) is 13.8 Å². The number of fused-ring (bicyclic) bond motifs is 4. The molecule has 1 aliphatic carbocycles. The third-order valence-corrected chi connectivity index (χ3v) is 6.53. The summed E-state index contributed by atoms with van der Waals surface area (Å²) in [5.41, 5.74) is 4.17. The molecule has 5 aromatic rings. The second kappa shape index (κ2) is 9.12. The van der Waals surface area contributed by atoms with Crippen molar-refractivity contribution in [3.63, 3.8) is 0 Å². The van der Waals surface area contributed by atoms with Crippen molar-refractivity contribution in [3.05, 3.63) is 71.1 Å². The Bertz CT molecular complexity index is 1590.